The van der Waals surface area contributed by atoms with Crippen molar-refractivity contribution in [3.8, 4) is 0 Å². The predicted molar refractivity (Wildman–Crippen MR) is 80.6 cm³/mol. The number of unbranched alkanes of at least 4 members (excludes halogenated alkanes) is 1. The Labute approximate surface area is 122 Å². The van der Waals surface area contributed by atoms with Gasteiger partial charge in [-0.05, 0) is 37.8 Å². The third-order valence-electron chi connectivity index (χ3n) is 3.58. The van der Waals surface area contributed by atoms with E-state index in [1.54, 1.807) is 6.07 Å². The first kappa shape index (κ1) is 16.7. The van der Waals surface area contributed by atoms with E-state index in [9.17, 15) is 4.79 Å². The number of rotatable bonds is 8. The van der Waals surface area contributed by atoms with Crippen molar-refractivity contribution in [2.45, 2.75) is 53.4 Å². The van der Waals surface area contributed by atoms with Crippen LogP contribution in [0.25, 0.3) is 0 Å². The summed E-state index contributed by atoms with van der Waals surface area (Å²) in [4.78, 5) is 22.0. The monoisotopic (exact) mass is 278 g/mol. The van der Waals surface area contributed by atoms with Crippen molar-refractivity contribution in [3.05, 3.63) is 34.9 Å². The Hall–Kier alpha value is -1.35. The molecule has 1 aromatic rings. The van der Waals surface area contributed by atoms with Gasteiger partial charge < -0.3 is 0 Å². The molecule has 0 bridgehead atoms. The first-order valence-corrected chi connectivity index (χ1v) is 7.49. The molecule has 0 saturated heterocycles. The van der Waals surface area contributed by atoms with E-state index in [2.05, 4.69) is 13.8 Å². The molecule has 3 heteroatoms. The van der Waals surface area contributed by atoms with Gasteiger partial charge in [0.15, 0.2) is 0 Å². The molecule has 20 heavy (non-hydrogen) atoms. The van der Waals surface area contributed by atoms with Crippen LogP contribution in [0.1, 0.15) is 61.0 Å². The molecule has 1 aromatic carbocycles. The lowest BCUT2D eigenvalue weighted by atomic mass is 10.0. The maximum Gasteiger partial charge on any atom is 0.373 e. The molecule has 0 saturated carbocycles. The average Bonchev–Trinajstić information content (AvgIpc) is 2.42. The van der Waals surface area contributed by atoms with E-state index in [1.165, 1.54) is 12.8 Å². The molecule has 0 spiro atoms. The Balaban J connectivity index is 2.42. The zero-order valence-electron chi connectivity index (χ0n) is 13.1. The van der Waals surface area contributed by atoms with Crippen LogP contribution in [0.3, 0.4) is 0 Å². The van der Waals surface area contributed by atoms with E-state index in [0.717, 1.165) is 24.0 Å². The number of hydrogen-bond acceptors (Lipinski definition) is 3. The molecule has 0 radical (unpaired) electrons. The van der Waals surface area contributed by atoms with Crippen molar-refractivity contribution in [1.82, 2.24) is 0 Å². The Kier molecular flexibility index (Phi) is 7.31. The fourth-order valence-electron chi connectivity index (χ4n) is 2.17. The first-order chi connectivity index (χ1) is 9.58. The highest BCUT2D eigenvalue weighted by Gasteiger charge is 2.13. The minimum Gasteiger partial charge on any atom is -0.293 e. The van der Waals surface area contributed by atoms with Crippen LogP contribution in [0, 0.1) is 19.8 Å². The van der Waals surface area contributed by atoms with Crippen LogP contribution in [-0.4, -0.2) is 12.6 Å². The Morgan fingerprint density at radius 1 is 1.25 bits per heavy atom. The number of aryl methyl sites for hydroxylation is 2. The topological polar surface area (TPSA) is 35.5 Å². The minimum absolute atomic E-state index is 0.409. The number of benzene rings is 1. The fraction of sp³-hybridized carbons (Fsp3) is 0.588. The summed E-state index contributed by atoms with van der Waals surface area (Å²) >= 11 is 0. The zero-order chi connectivity index (χ0) is 15.0. The van der Waals surface area contributed by atoms with Crippen LogP contribution in [0.4, 0.5) is 0 Å². The molecular formula is C17H26O3. The number of carbonyl (C=O) groups is 1. The van der Waals surface area contributed by atoms with E-state index in [1.807, 2.05) is 26.0 Å². The summed E-state index contributed by atoms with van der Waals surface area (Å²) in [6.07, 6.45) is 4.53. The van der Waals surface area contributed by atoms with Crippen molar-refractivity contribution >= 4 is 5.97 Å². The van der Waals surface area contributed by atoms with Gasteiger partial charge in [-0.2, -0.15) is 4.89 Å². The van der Waals surface area contributed by atoms with Crippen LogP contribution >= 0.6 is 0 Å². The van der Waals surface area contributed by atoms with E-state index in [-0.39, 0.29) is 0 Å². The molecule has 112 valence electrons. The summed E-state index contributed by atoms with van der Waals surface area (Å²) in [7, 11) is 0. The minimum atomic E-state index is -0.409. The Bertz CT molecular complexity index is 426. The third-order valence-corrected chi connectivity index (χ3v) is 3.58. The van der Waals surface area contributed by atoms with Gasteiger partial charge in [0.2, 0.25) is 0 Å². The second kappa shape index (κ2) is 8.75. The fourth-order valence-corrected chi connectivity index (χ4v) is 2.17. The van der Waals surface area contributed by atoms with Crippen LogP contribution < -0.4 is 0 Å². The molecule has 1 rings (SSSR count). The summed E-state index contributed by atoms with van der Waals surface area (Å²) in [5, 5.41) is 0. The molecule has 0 aromatic heterocycles. The molecule has 0 aliphatic heterocycles. The molecular weight excluding hydrogens is 252 g/mol. The maximum atomic E-state index is 11.9. The van der Waals surface area contributed by atoms with Crippen LogP contribution in [0.15, 0.2) is 18.2 Å². The normalized spacial score (nSPS) is 12.2. The van der Waals surface area contributed by atoms with Crippen molar-refractivity contribution < 1.29 is 14.6 Å². The van der Waals surface area contributed by atoms with Crippen LogP contribution in [-0.2, 0) is 9.78 Å². The van der Waals surface area contributed by atoms with Crippen LogP contribution in [0.5, 0.6) is 0 Å². The molecule has 0 fully saturated rings. The van der Waals surface area contributed by atoms with E-state index >= 15 is 0 Å². The van der Waals surface area contributed by atoms with Gasteiger partial charge in [0.25, 0.3) is 0 Å². The van der Waals surface area contributed by atoms with Gasteiger partial charge in [-0.25, -0.2) is 4.79 Å². The van der Waals surface area contributed by atoms with Gasteiger partial charge in [-0.1, -0.05) is 50.8 Å². The summed E-state index contributed by atoms with van der Waals surface area (Å²) in [5.74, 6) is 0.0507. The lowest BCUT2D eigenvalue weighted by Crippen LogP contribution is -2.13. The molecule has 0 heterocycles. The standard InChI is InChI=1S/C17H26O3/c1-5-7-8-15(6-2)12-19-20-17(18)16-10-9-13(3)11-14(16)4/h9-11,15H,5-8,12H2,1-4H3. The molecule has 1 atom stereocenters. The quantitative estimate of drug-likeness (QED) is 0.514. The smallest absolute Gasteiger partial charge is 0.293 e. The van der Waals surface area contributed by atoms with Gasteiger partial charge in [0.1, 0.15) is 0 Å². The summed E-state index contributed by atoms with van der Waals surface area (Å²) in [6.45, 7) is 8.69. The first-order valence-electron chi connectivity index (χ1n) is 7.49. The van der Waals surface area contributed by atoms with Crippen molar-refractivity contribution in [2.24, 2.45) is 5.92 Å². The van der Waals surface area contributed by atoms with E-state index in [4.69, 9.17) is 9.78 Å². The van der Waals surface area contributed by atoms with Gasteiger partial charge in [-0.15, -0.1) is 0 Å². The average molecular weight is 278 g/mol. The highest BCUT2D eigenvalue weighted by Crippen LogP contribution is 2.15. The van der Waals surface area contributed by atoms with Gasteiger partial charge in [0.05, 0.1) is 12.2 Å². The second-order valence-electron chi connectivity index (χ2n) is 5.39. The van der Waals surface area contributed by atoms with Crippen molar-refractivity contribution in [3.63, 3.8) is 0 Å². The maximum absolute atomic E-state index is 11.9. The van der Waals surface area contributed by atoms with Crippen LogP contribution in [0.2, 0.25) is 0 Å². The Morgan fingerprint density at radius 2 is 2.00 bits per heavy atom. The van der Waals surface area contributed by atoms with Gasteiger partial charge >= 0.3 is 5.97 Å². The van der Waals surface area contributed by atoms with Gasteiger partial charge in [-0.3, -0.25) is 4.89 Å². The Morgan fingerprint density at radius 3 is 2.60 bits per heavy atom. The molecule has 0 aliphatic carbocycles. The SMILES string of the molecule is CCCCC(CC)COOC(=O)c1ccc(C)cc1C. The summed E-state index contributed by atoms with van der Waals surface area (Å²) < 4.78 is 0. The lowest BCUT2D eigenvalue weighted by Gasteiger charge is -2.13. The third kappa shape index (κ3) is 5.33. The zero-order valence-corrected chi connectivity index (χ0v) is 13.1. The van der Waals surface area contributed by atoms with Crippen molar-refractivity contribution in [1.29, 1.82) is 0 Å². The number of carbonyl (C=O) groups excluding carboxylic acids is 1. The predicted octanol–water partition coefficient (Wildman–Crippen LogP) is 4.61. The molecule has 0 N–H and O–H groups in total. The number of hydrogen-bond donors (Lipinski definition) is 0. The lowest BCUT2D eigenvalue weighted by molar-refractivity contribution is -0.249. The highest BCUT2D eigenvalue weighted by molar-refractivity contribution is 5.90. The summed E-state index contributed by atoms with van der Waals surface area (Å²) in [5.41, 5.74) is 2.61. The molecule has 0 aliphatic rings. The highest BCUT2D eigenvalue weighted by atomic mass is 17.2. The largest absolute Gasteiger partial charge is 0.373 e. The second-order valence-corrected chi connectivity index (χ2v) is 5.39. The van der Waals surface area contributed by atoms with E-state index in [0.29, 0.717) is 18.1 Å². The molecule has 3 nitrogen and oxygen atoms in total. The molecule has 0 amide bonds. The van der Waals surface area contributed by atoms with E-state index < -0.39 is 5.97 Å². The molecule has 1 unspecified atom stereocenters. The van der Waals surface area contributed by atoms with Crippen molar-refractivity contribution in [2.75, 3.05) is 6.61 Å². The van der Waals surface area contributed by atoms with Gasteiger partial charge in [0, 0.05) is 0 Å². The summed E-state index contributed by atoms with van der Waals surface area (Å²) in [6, 6.07) is 5.65.